The van der Waals surface area contributed by atoms with E-state index in [9.17, 15) is 13.2 Å². The summed E-state index contributed by atoms with van der Waals surface area (Å²) >= 11 is 2.83. The van der Waals surface area contributed by atoms with Crippen molar-refractivity contribution in [3.63, 3.8) is 0 Å². The summed E-state index contributed by atoms with van der Waals surface area (Å²) in [5.74, 6) is 0.433. The SMILES string of the molecule is C=CCSc1nnc(NC(=O)C2CCN(S(C)(=O)=O)CC2)s1. The number of nitrogens with zero attached hydrogens (tertiary/aromatic N) is 3. The Bertz CT molecular complexity index is 636. The molecule has 0 aromatic carbocycles. The number of nitrogens with one attached hydrogen (secondary N) is 1. The Morgan fingerprint density at radius 3 is 2.77 bits per heavy atom. The summed E-state index contributed by atoms with van der Waals surface area (Å²) in [5, 5.41) is 11.1. The second-order valence-corrected chi connectivity index (χ2v) is 9.13. The van der Waals surface area contributed by atoms with Crippen LogP contribution in [0.5, 0.6) is 0 Å². The maximum Gasteiger partial charge on any atom is 0.229 e. The molecule has 7 nitrogen and oxygen atoms in total. The molecule has 0 saturated carbocycles. The Morgan fingerprint density at radius 1 is 1.50 bits per heavy atom. The van der Waals surface area contributed by atoms with E-state index < -0.39 is 10.0 Å². The zero-order valence-corrected chi connectivity index (χ0v) is 14.6. The number of aromatic nitrogens is 2. The van der Waals surface area contributed by atoms with Crippen LogP contribution in [0.1, 0.15) is 12.8 Å². The van der Waals surface area contributed by atoms with Gasteiger partial charge in [0.1, 0.15) is 0 Å². The molecule has 22 heavy (non-hydrogen) atoms. The van der Waals surface area contributed by atoms with Crippen LogP contribution in [0, 0.1) is 5.92 Å². The van der Waals surface area contributed by atoms with Crippen LogP contribution in [0.25, 0.3) is 0 Å². The minimum atomic E-state index is -3.17. The first-order chi connectivity index (χ1) is 10.4. The molecule has 2 rings (SSSR count). The highest BCUT2D eigenvalue weighted by atomic mass is 32.2. The third-order valence-electron chi connectivity index (χ3n) is 3.25. The fraction of sp³-hybridized carbons (Fsp3) is 0.583. The van der Waals surface area contributed by atoms with Gasteiger partial charge in [0, 0.05) is 24.8 Å². The predicted molar refractivity (Wildman–Crippen MR) is 88.6 cm³/mol. The first-order valence-corrected chi connectivity index (χ1v) is 10.4. The maximum atomic E-state index is 12.2. The van der Waals surface area contributed by atoms with Gasteiger partial charge in [0.25, 0.3) is 0 Å². The summed E-state index contributed by atoms with van der Waals surface area (Å²) in [6.45, 7) is 4.40. The van der Waals surface area contributed by atoms with E-state index in [1.54, 1.807) is 6.08 Å². The molecule has 2 heterocycles. The van der Waals surface area contributed by atoms with Gasteiger partial charge in [0.15, 0.2) is 4.34 Å². The normalized spacial score (nSPS) is 17.3. The summed E-state index contributed by atoms with van der Waals surface area (Å²) in [7, 11) is -3.17. The zero-order chi connectivity index (χ0) is 16.2. The molecule has 1 aliphatic heterocycles. The predicted octanol–water partition coefficient (Wildman–Crippen LogP) is 1.43. The van der Waals surface area contributed by atoms with Crippen molar-refractivity contribution in [1.82, 2.24) is 14.5 Å². The Morgan fingerprint density at radius 2 is 2.18 bits per heavy atom. The molecule has 1 aromatic heterocycles. The van der Waals surface area contributed by atoms with Gasteiger partial charge in [-0.1, -0.05) is 29.2 Å². The summed E-state index contributed by atoms with van der Waals surface area (Å²) in [6.07, 6.45) is 4.02. The van der Waals surface area contributed by atoms with E-state index in [2.05, 4.69) is 22.1 Å². The highest BCUT2D eigenvalue weighted by Crippen LogP contribution is 2.27. The zero-order valence-electron chi connectivity index (χ0n) is 12.2. The first kappa shape index (κ1) is 17.4. The Hall–Kier alpha value is -0.970. The number of sulfonamides is 1. The van der Waals surface area contributed by atoms with Gasteiger partial charge in [-0.3, -0.25) is 4.79 Å². The fourth-order valence-electron chi connectivity index (χ4n) is 2.11. The molecule has 1 aromatic rings. The van der Waals surface area contributed by atoms with Crippen molar-refractivity contribution >= 4 is 44.2 Å². The third-order valence-corrected chi connectivity index (χ3v) is 6.53. The summed E-state index contributed by atoms with van der Waals surface area (Å²) in [6, 6.07) is 0. The quantitative estimate of drug-likeness (QED) is 0.467. The molecule has 0 radical (unpaired) electrons. The molecule has 1 amide bonds. The fourth-order valence-corrected chi connectivity index (χ4v) is 4.50. The number of hydrogen-bond donors (Lipinski definition) is 1. The molecular weight excluding hydrogens is 344 g/mol. The van der Waals surface area contributed by atoms with Crippen LogP contribution in [-0.4, -0.2) is 53.9 Å². The first-order valence-electron chi connectivity index (χ1n) is 6.73. The summed E-state index contributed by atoms with van der Waals surface area (Å²) in [5.41, 5.74) is 0. The number of thioether (sulfide) groups is 1. The lowest BCUT2D eigenvalue weighted by Crippen LogP contribution is -2.40. The van der Waals surface area contributed by atoms with Crippen LogP contribution in [0.4, 0.5) is 5.13 Å². The van der Waals surface area contributed by atoms with Crippen molar-refractivity contribution in [2.75, 3.05) is 30.4 Å². The molecule has 0 aliphatic carbocycles. The largest absolute Gasteiger partial charge is 0.300 e. The van der Waals surface area contributed by atoms with Gasteiger partial charge < -0.3 is 5.32 Å². The Kier molecular flexibility index (Phi) is 5.95. The van der Waals surface area contributed by atoms with E-state index in [1.165, 1.54) is 33.7 Å². The van der Waals surface area contributed by atoms with Crippen molar-refractivity contribution in [2.45, 2.75) is 17.2 Å². The third kappa shape index (κ3) is 4.77. The number of carbonyl (C=O) groups excluding carboxylic acids is 1. The molecule has 1 fully saturated rings. The van der Waals surface area contributed by atoms with Crippen LogP contribution in [0.3, 0.4) is 0 Å². The van der Waals surface area contributed by atoms with Gasteiger partial charge in [0.2, 0.25) is 21.1 Å². The number of carbonyl (C=O) groups is 1. The van der Waals surface area contributed by atoms with Crippen molar-refractivity contribution < 1.29 is 13.2 Å². The summed E-state index contributed by atoms with van der Waals surface area (Å²) in [4.78, 5) is 12.2. The van der Waals surface area contributed by atoms with Gasteiger partial charge >= 0.3 is 0 Å². The molecule has 1 saturated heterocycles. The molecule has 0 unspecified atom stereocenters. The van der Waals surface area contributed by atoms with Gasteiger partial charge in [-0.05, 0) is 12.8 Å². The molecule has 122 valence electrons. The standard InChI is InChI=1S/C12H18N4O3S3/c1-3-8-20-12-15-14-11(21-12)13-10(17)9-4-6-16(7-5-9)22(2,18)19/h3,9H,1,4-8H2,2H3,(H,13,14,17). The van der Waals surface area contributed by atoms with Gasteiger partial charge in [0.05, 0.1) is 6.26 Å². The molecule has 0 atom stereocenters. The lowest BCUT2D eigenvalue weighted by molar-refractivity contribution is -0.120. The maximum absolute atomic E-state index is 12.2. The highest BCUT2D eigenvalue weighted by Gasteiger charge is 2.29. The van der Waals surface area contributed by atoms with E-state index in [1.807, 2.05) is 0 Å². The van der Waals surface area contributed by atoms with E-state index in [0.29, 0.717) is 31.1 Å². The van der Waals surface area contributed by atoms with Crippen LogP contribution >= 0.6 is 23.1 Å². The highest BCUT2D eigenvalue weighted by molar-refractivity contribution is 8.01. The number of hydrogen-bond acceptors (Lipinski definition) is 7. The minimum Gasteiger partial charge on any atom is -0.300 e. The molecule has 0 spiro atoms. The van der Waals surface area contributed by atoms with Crippen LogP contribution < -0.4 is 5.32 Å². The Labute approximate surface area is 138 Å². The second-order valence-electron chi connectivity index (χ2n) is 4.90. The monoisotopic (exact) mass is 362 g/mol. The number of amides is 1. The smallest absolute Gasteiger partial charge is 0.229 e. The average molecular weight is 363 g/mol. The summed E-state index contributed by atoms with van der Waals surface area (Å²) < 4.78 is 25.1. The topological polar surface area (TPSA) is 92.3 Å². The van der Waals surface area contributed by atoms with Crippen molar-refractivity contribution in [2.24, 2.45) is 5.92 Å². The number of anilines is 1. The minimum absolute atomic E-state index is 0.121. The lowest BCUT2D eigenvalue weighted by atomic mass is 9.97. The molecular formula is C12H18N4O3S3. The molecule has 0 bridgehead atoms. The second kappa shape index (κ2) is 7.53. The average Bonchev–Trinajstić information content (AvgIpc) is 2.92. The van der Waals surface area contributed by atoms with E-state index in [-0.39, 0.29) is 11.8 Å². The van der Waals surface area contributed by atoms with Crippen LogP contribution in [0.15, 0.2) is 17.0 Å². The van der Waals surface area contributed by atoms with Gasteiger partial charge in [-0.25, -0.2) is 12.7 Å². The van der Waals surface area contributed by atoms with Crippen LogP contribution in [0.2, 0.25) is 0 Å². The van der Waals surface area contributed by atoms with Crippen molar-refractivity contribution in [3.8, 4) is 0 Å². The van der Waals surface area contributed by atoms with Crippen molar-refractivity contribution in [3.05, 3.63) is 12.7 Å². The number of rotatable bonds is 6. The van der Waals surface area contributed by atoms with Gasteiger partial charge in [-0.2, -0.15) is 0 Å². The number of piperidine rings is 1. The molecule has 1 N–H and O–H groups in total. The van der Waals surface area contributed by atoms with E-state index in [0.717, 1.165) is 10.1 Å². The van der Waals surface area contributed by atoms with Crippen LogP contribution in [-0.2, 0) is 14.8 Å². The van der Waals surface area contributed by atoms with E-state index in [4.69, 9.17) is 0 Å². The van der Waals surface area contributed by atoms with Gasteiger partial charge in [-0.15, -0.1) is 16.8 Å². The van der Waals surface area contributed by atoms with E-state index >= 15 is 0 Å². The lowest BCUT2D eigenvalue weighted by Gasteiger charge is -2.29. The molecule has 10 heteroatoms. The van der Waals surface area contributed by atoms with Crippen molar-refractivity contribution in [1.29, 1.82) is 0 Å². The molecule has 1 aliphatic rings. The Balaban J connectivity index is 1.85.